The molecule has 2 heterocycles. The summed E-state index contributed by atoms with van der Waals surface area (Å²) in [4.78, 5) is 15.3. The van der Waals surface area contributed by atoms with Crippen LogP contribution in [0.1, 0.15) is 48.6 Å². The molecular weight excluding hydrogens is 435 g/mol. The van der Waals surface area contributed by atoms with Crippen molar-refractivity contribution >= 4 is 5.97 Å². The molecule has 176 valence electrons. The number of carbonyl (C=O) groups is 1. The number of aromatic nitrogens is 3. The molecule has 0 bridgehead atoms. The molecule has 0 saturated heterocycles. The Kier molecular flexibility index (Phi) is 8.08. The van der Waals surface area contributed by atoms with Gasteiger partial charge >= 0.3 is 12.1 Å². The molecule has 0 aliphatic rings. The summed E-state index contributed by atoms with van der Waals surface area (Å²) in [6.07, 6.45) is 1.02. The van der Waals surface area contributed by atoms with Crippen LogP contribution in [0.25, 0.3) is 5.69 Å². The molecule has 9 heteroatoms. The number of alkyl halides is 3. The molecule has 0 aliphatic carbocycles. The van der Waals surface area contributed by atoms with E-state index in [1.54, 1.807) is 10.9 Å². The number of ether oxygens (including phenoxy) is 1. The summed E-state index contributed by atoms with van der Waals surface area (Å²) < 4.78 is 46.3. The van der Waals surface area contributed by atoms with Gasteiger partial charge in [0.2, 0.25) is 5.88 Å². The zero-order valence-corrected chi connectivity index (χ0v) is 18.3. The van der Waals surface area contributed by atoms with Crippen LogP contribution < -0.4 is 4.74 Å². The van der Waals surface area contributed by atoms with Crippen molar-refractivity contribution in [2.24, 2.45) is 0 Å². The Balaban J connectivity index is 1.60. The zero-order valence-electron chi connectivity index (χ0n) is 18.3. The molecule has 33 heavy (non-hydrogen) atoms. The highest BCUT2D eigenvalue weighted by molar-refractivity contribution is 5.71. The molecule has 2 aromatic heterocycles. The highest BCUT2D eigenvalue weighted by atomic mass is 19.4. The molecule has 3 aromatic rings. The highest BCUT2D eigenvalue weighted by Crippen LogP contribution is 2.30. The first-order chi connectivity index (χ1) is 15.8. The van der Waals surface area contributed by atoms with Crippen molar-refractivity contribution in [3.63, 3.8) is 0 Å². The molecule has 1 aromatic carbocycles. The van der Waals surface area contributed by atoms with Gasteiger partial charge in [-0.15, -0.1) is 5.10 Å². The Bertz CT molecular complexity index is 1070. The number of nitrogens with zero attached hydrogens (tertiary/aromatic N) is 3. The molecule has 0 aliphatic heterocycles. The van der Waals surface area contributed by atoms with Crippen LogP contribution in [0.4, 0.5) is 13.2 Å². The Morgan fingerprint density at radius 2 is 1.88 bits per heavy atom. The smallest absolute Gasteiger partial charge is 0.417 e. The fourth-order valence-electron chi connectivity index (χ4n) is 3.48. The number of aryl methyl sites for hydroxylation is 2. The number of halogens is 3. The topological polar surface area (TPSA) is 77.2 Å². The average molecular weight is 461 g/mol. The normalized spacial score (nSPS) is 11.5. The SMILES string of the molecule is CCCc1cc(C(F)(F)F)cnc1CCCCOc1nn(-c2ccccc2)cc1CC(=O)O. The minimum atomic E-state index is -4.40. The lowest BCUT2D eigenvalue weighted by atomic mass is 10.0. The first-order valence-corrected chi connectivity index (χ1v) is 10.8. The van der Waals surface area contributed by atoms with Gasteiger partial charge in [0.15, 0.2) is 0 Å². The van der Waals surface area contributed by atoms with Gasteiger partial charge in [-0.05, 0) is 49.4 Å². The molecule has 0 unspecified atom stereocenters. The van der Waals surface area contributed by atoms with E-state index in [9.17, 15) is 23.1 Å². The predicted octanol–water partition coefficient (Wildman–Crippen LogP) is 5.27. The third-order valence-electron chi connectivity index (χ3n) is 5.07. The van der Waals surface area contributed by atoms with Gasteiger partial charge in [-0.3, -0.25) is 9.78 Å². The molecule has 0 amide bonds. The minimum Gasteiger partial charge on any atom is -0.481 e. The van der Waals surface area contributed by atoms with E-state index in [0.29, 0.717) is 49.1 Å². The molecule has 0 fully saturated rings. The number of rotatable bonds is 11. The van der Waals surface area contributed by atoms with Crippen LogP contribution in [0, 0.1) is 0 Å². The van der Waals surface area contributed by atoms with E-state index in [-0.39, 0.29) is 12.3 Å². The first-order valence-electron chi connectivity index (χ1n) is 10.8. The maximum atomic E-state index is 13.0. The Morgan fingerprint density at radius 1 is 1.12 bits per heavy atom. The summed E-state index contributed by atoms with van der Waals surface area (Å²) in [5.41, 5.74) is 1.83. The second kappa shape index (κ2) is 11.0. The summed E-state index contributed by atoms with van der Waals surface area (Å²) >= 11 is 0. The largest absolute Gasteiger partial charge is 0.481 e. The van der Waals surface area contributed by atoms with Crippen LogP contribution in [0.5, 0.6) is 5.88 Å². The van der Waals surface area contributed by atoms with E-state index in [0.717, 1.165) is 18.3 Å². The summed E-state index contributed by atoms with van der Waals surface area (Å²) in [6.45, 7) is 2.23. The number of aliphatic carboxylic acids is 1. The second-order valence-corrected chi connectivity index (χ2v) is 7.69. The highest BCUT2D eigenvalue weighted by Gasteiger charge is 2.31. The first kappa shape index (κ1) is 24.3. The van der Waals surface area contributed by atoms with Crippen molar-refractivity contribution < 1.29 is 27.8 Å². The van der Waals surface area contributed by atoms with Crippen LogP contribution in [0.2, 0.25) is 0 Å². The average Bonchev–Trinajstić information content (AvgIpc) is 3.16. The molecule has 0 radical (unpaired) electrons. The third kappa shape index (κ3) is 6.81. The maximum absolute atomic E-state index is 13.0. The Hall–Kier alpha value is -3.36. The maximum Gasteiger partial charge on any atom is 0.417 e. The van der Waals surface area contributed by atoms with E-state index < -0.39 is 17.7 Å². The molecule has 0 saturated carbocycles. The quantitative estimate of drug-likeness (QED) is 0.394. The molecule has 6 nitrogen and oxygen atoms in total. The fraction of sp³-hybridized carbons (Fsp3) is 0.375. The van der Waals surface area contributed by atoms with Crippen LogP contribution in [-0.4, -0.2) is 32.4 Å². The van der Waals surface area contributed by atoms with Crippen LogP contribution in [-0.2, 0) is 30.2 Å². The number of carboxylic acids is 1. The van der Waals surface area contributed by atoms with Gasteiger partial charge in [0.25, 0.3) is 0 Å². The number of para-hydroxylation sites is 1. The number of hydrogen-bond donors (Lipinski definition) is 1. The molecule has 0 spiro atoms. The lowest BCUT2D eigenvalue weighted by Crippen LogP contribution is -2.09. The van der Waals surface area contributed by atoms with Crippen molar-refractivity contribution in [2.75, 3.05) is 6.61 Å². The number of pyridine rings is 1. The minimum absolute atomic E-state index is 0.210. The molecular formula is C24H26F3N3O3. The van der Waals surface area contributed by atoms with Crippen LogP contribution >= 0.6 is 0 Å². The van der Waals surface area contributed by atoms with Crippen molar-refractivity contribution in [1.29, 1.82) is 0 Å². The van der Waals surface area contributed by atoms with Crippen molar-refractivity contribution in [2.45, 2.75) is 51.6 Å². The van der Waals surface area contributed by atoms with Gasteiger partial charge in [0.05, 0.1) is 24.3 Å². The lowest BCUT2D eigenvalue weighted by Gasteiger charge is -2.12. The fourth-order valence-corrected chi connectivity index (χ4v) is 3.48. The predicted molar refractivity (Wildman–Crippen MR) is 117 cm³/mol. The number of carboxylic acid groups (broad SMARTS) is 1. The van der Waals surface area contributed by atoms with Crippen molar-refractivity contribution in [1.82, 2.24) is 14.8 Å². The van der Waals surface area contributed by atoms with Gasteiger partial charge in [0, 0.05) is 23.7 Å². The van der Waals surface area contributed by atoms with E-state index in [4.69, 9.17) is 4.74 Å². The van der Waals surface area contributed by atoms with E-state index >= 15 is 0 Å². The van der Waals surface area contributed by atoms with Gasteiger partial charge < -0.3 is 9.84 Å². The van der Waals surface area contributed by atoms with Gasteiger partial charge in [-0.25, -0.2) is 4.68 Å². The van der Waals surface area contributed by atoms with Crippen LogP contribution in [0.15, 0.2) is 48.8 Å². The van der Waals surface area contributed by atoms with E-state index in [1.807, 2.05) is 37.3 Å². The summed E-state index contributed by atoms with van der Waals surface area (Å²) in [5, 5.41) is 13.5. The molecule has 1 N–H and O–H groups in total. The Labute approximate surface area is 190 Å². The number of unbranched alkanes of at least 4 members (excludes halogenated alkanes) is 1. The molecule has 0 atom stereocenters. The number of hydrogen-bond acceptors (Lipinski definition) is 4. The van der Waals surface area contributed by atoms with Crippen molar-refractivity contribution in [3.8, 4) is 11.6 Å². The van der Waals surface area contributed by atoms with Gasteiger partial charge in [0.1, 0.15) is 0 Å². The summed E-state index contributed by atoms with van der Waals surface area (Å²) in [5.74, 6) is -0.718. The number of benzene rings is 1. The van der Waals surface area contributed by atoms with Gasteiger partial charge in [-0.2, -0.15) is 13.2 Å². The Morgan fingerprint density at radius 3 is 2.55 bits per heavy atom. The standard InChI is InChI=1S/C24H26F3N3O3/c1-2-8-17-13-19(24(25,26)27)15-28-21(17)11-6-7-12-33-23-18(14-22(31)32)16-30(29-23)20-9-4-3-5-10-20/h3-5,9-10,13,15-16H,2,6-8,11-12,14H2,1H3,(H,31,32). The lowest BCUT2D eigenvalue weighted by molar-refractivity contribution is -0.138. The second-order valence-electron chi connectivity index (χ2n) is 7.69. The van der Waals surface area contributed by atoms with Crippen molar-refractivity contribution in [3.05, 3.63) is 71.2 Å². The zero-order chi connectivity index (χ0) is 23.8. The third-order valence-corrected chi connectivity index (χ3v) is 5.07. The summed E-state index contributed by atoms with van der Waals surface area (Å²) in [6, 6.07) is 10.5. The summed E-state index contributed by atoms with van der Waals surface area (Å²) in [7, 11) is 0. The van der Waals surface area contributed by atoms with Crippen LogP contribution in [0.3, 0.4) is 0 Å². The molecule has 3 rings (SSSR count). The van der Waals surface area contributed by atoms with E-state index in [1.165, 1.54) is 6.07 Å². The van der Waals surface area contributed by atoms with Gasteiger partial charge in [-0.1, -0.05) is 31.5 Å². The monoisotopic (exact) mass is 461 g/mol. The van der Waals surface area contributed by atoms with E-state index in [2.05, 4.69) is 10.1 Å².